The normalized spacial score (nSPS) is 21.3. The van der Waals surface area contributed by atoms with Gasteiger partial charge in [-0.2, -0.15) is 0 Å². The molecule has 1 aromatic carbocycles. The van der Waals surface area contributed by atoms with Gasteiger partial charge in [-0.3, -0.25) is 9.78 Å². The van der Waals surface area contributed by atoms with Gasteiger partial charge in [0.05, 0.1) is 16.7 Å². The fourth-order valence-corrected chi connectivity index (χ4v) is 2.78. The zero-order valence-corrected chi connectivity index (χ0v) is 12.1. The van der Waals surface area contributed by atoms with Crippen molar-refractivity contribution in [2.24, 2.45) is 0 Å². The second kappa shape index (κ2) is 5.04. The van der Waals surface area contributed by atoms with E-state index in [2.05, 4.69) is 10.3 Å². The molecule has 1 amide bonds. The second-order valence-corrected chi connectivity index (χ2v) is 5.96. The zero-order valence-electron chi connectivity index (χ0n) is 12.1. The molecule has 0 saturated carbocycles. The third-order valence-corrected chi connectivity index (χ3v) is 3.73. The molecule has 6 nitrogen and oxygen atoms in total. The fourth-order valence-electron chi connectivity index (χ4n) is 2.78. The van der Waals surface area contributed by atoms with Crippen molar-refractivity contribution < 1.29 is 13.9 Å². The number of H-pyrrole nitrogens is 1. The molecule has 1 aliphatic heterocycles. The van der Waals surface area contributed by atoms with Gasteiger partial charge in [0.2, 0.25) is 0 Å². The van der Waals surface area contributed by atoms with Gasteiger partial charge in [-0.25, -0.2) is 4.79 Å². The van der Waals surface area contributed by atoms with Crippen molar-refractivity contribution in [2.45, 2.75) is 38.3 Å². The van der Waals surface area contributed by atoms with Gasteiger partial charge >= 0.3 is 5.76 Å². The van der Waals surface area contributed by atoms with Crippen LogP contribution in [0.15, 0.2) is 27.4 Å². The van der Waals surface area contributed by atoms with E-state index in [4.69, 9.17) is 9.15 Å². The monoisotopic (exact) mass is 290 g/mol. The second-order valence-electron chi connectivity index (χ2n) is 5.96. The van der Waals surface area contributed by atoms with Crippen LogP contribution in [0.2, 0.25) is 0 Å². The lowest BCUT2D eigenvalue weighted by Gasteiger charge is -2.35. The summed E-state index contributed by atoms with van der Waals surface area (Å²) in [7, 11) is 0. The molecule has 3 rings (SSSR count). The van der Waals surface area contributed by atoms with Gasteiger partial charge < -0.3 is 14.5 Å². The fraction of sp³-hybridized carbons (Fsp3) is 0.467. The van der Waals surface area contributed by atoms with E-state index < -0.39 is 5.76 Å². The van der Waals surface area contributed by atoms with Crippen LogP contribution in [-0.2, 0) is 4.74 Å². The van der Waals surface area contributed by atoms with E-state index in [1.807, 2.05) is 13.8 Å². The number of carbonyl (C=O) groups is 1. The van der Waals surface area contributed by atoms with Crippen molar-refractivity contribution >= 4 is 17.0 Å². The number of para-hydroxylation sites is 1. The largest absolute Gasteiger partial charge is 0.417 e. The molecule has 0 aliphatic carbocycles. The average molecular weight is 290 g/mol. The SMILES string of the molecule is CC1(C)CC(NC(=O)c2cccc3oc(=O)[nH]c23)CCO1. The lowest BCUT2D eigenvalue weighted by Crippen LogP contribution is -2.45. The molecule has 112 valence electrons. The van der Waals surface area contributed by atoms with Crippen LogP contribution in [0.25, 0.3) is 11.1 Å². The van der Waals surface area contributed by atoms with E-state index in [1.54, 1.807) is 18.2 Å². The van der Waals surface area contributed by atoms with Crippen molar-refractivity contribution in [1.82, 2.24) is 10.3 Å². The Morgan fingerprint density at radius 2 is 2.24 bits per heavy atom. The topological polar surface area (TPSA) is 84.3 Å². The van der Waals surface area contributed by atoms with Crippen LogP contribution in [0.5, 0.6) is 0 Å². The molecule has 2 N–H and O–H groups in total. The van der Waals surface area contributed by atoms with Crippen LogP contribution in [0.1, 0.15) is 37.0 Å². The summed E-state index contributed by atoms with van der Waals surface area (Å²) >= 11 is 0. The highest BCUT2D eigenvalue weighted by molar-refractivity contribution is 6.04. The standard InChI is InChI=1S/C15H18N2O4/c1-15(2)8-9(6-7-20-15)16-13(18)10-4-3-5-11-12(10)17-14(19)21-11/h3-5,9H,6-8H2,1-2H3,(H,16,18)(H,17,19). The summed E-state index contributed by atoms with van der Waals surface area (Å²) in [5.74, 6) is -0.766. The van der Waals surface area contributed by atoms with Gasteiger partial charge in [-0.15, -0.1) is 0 Å². The molecule has 21 heavy (non-hydrogen) atoms. The van der Waals surface area contributed by atoms with E-state index in [9.17, 15) is 9.59 Å². The first-order valence-corrected chi connectivity index (χ1v) is 7.01. The minimum absolute atomic E-state index is 0.0649. The van der Waals surface area contributed by atoms with Crippen molar-refractivity contribution in [3.8, 4) is 0 Å². The molecule has 2 aromatic rings. The van der Waals surface area contributed by atoms with Crippen molar-refractivity contribution in [2.75, 3.05) is 6.61 Å². The maximum atomic E-state index is 12.4. The lowest BCUT2D eigenvalue weighted by molar-refractivity contribution is -0.0615. The summed E-state index contributed by atoms with van der Waals surface area (Å²) in [4.78, 5) is 26.3. The number of rotatable bonds is 2. The van der Waals surface area contributed by atoms with Gasteiger partial charge in [-0.1, -0.05) is 6.07 Å². The van der Waals surface area contributed by atoms with Gasteiger partial charge in [0.15, 0.2) is 5.58 Å². The number of hydrogen-bond acceptors (Lipinski definition) is 4. The quantitative estimate of drug-likeness (QED) is 0.883. The predicted molar refractivity (Wildman–Crippen MR) is 77.4 cm³/mol. The lowest BCUT2D eigenvalue weighted by atomic mass is 9.93. The Labute approximate surface area is 121 Å². The number of ether oxygens (including phenoxy) is 1. The van der Waals surface area contributed by atoms with E-state index in [-0.39, 0.29) is 17.6 Å². The number of aromatic amines is 1. The molecule has 0 radical (unpaired) electrons. The Morgan fingerprint density at radius 1 is 1.43 bits per heavy atom. The highest BCUT2D eigenvalue weighted by atomic mass is 16.5. The van der Waals surface area contributed by atoms with E-state index >= 15 is 0 Å². The molecular weight excluding hydrogens is 272 g/mol. The molecule has 6 heteroatoms. The van der Waals surface area contributed by atoms with Crippen molar-refractivity contribution in [3.05, 3.63) is 34.3 Å². The molecule has 1 fully saturated rings. The molecule has 2 heterocycles. The van der Waals surface area contributed by atoms with E-state index in [0.717, 1.165) is 12.8 Å². The average Bonchev–Trinajstić information content (AvgIpc) is 2.77. The predicted octanol–water partition coefficient (Wildman–Crippen LogP) is 1.81. The Kier molecular flexibility index (Phi) is 3.33. The highest BCUT2D eigenvalue weighted by Gasteiger charge is 2.30. The number of oxazole rings is 1. The number of benzene rings is 1. The number of fused-ring (bicyclic) bond motifs is 1. The Bertz CT molecular complexity index is 729. The van der Waals surface area contributed by atoms with E-state index in [0.29, 0.717) is 23.3 Å². The first-order chi connectivity index (χ1) is 9.94. The van der Waals surface area contributed by atoms with Crippen LogP contribution in [-0.4, -0.2) is 29.1 Å². The summed E-state index contributed by atoms with van der Waals surface area (Å²) in [5.41, 5.74) is 1.01. The first kappa shape index (κ1) is 13.9. The van der Waals surface area contributed by atoms with Crippen LogP contribution in [0.4, 0.5) is 0 Å². The van der Waals surface area contributed by atoms with E-state index in [1.165, 1.54) is 0 Å². The number of aromatic nitrogens is 1. The maximum absolute atomic E-state index is 12.4. The molecule has 1 aliphatic rings. The minimum atomic E-state index is -0.558. The van der Waals surface area contributed by atoms with Gasteiger partial charge in [0, 0.05) is 12.6 Å². The summed E-state index contributed by atoms with van der Waals surface area (Å²) in [6.07, 6.45) is 1.55. The van der Waals surface area contributed by atoms with Gasteiger partial charge in [0.1, 0.15) is 0 Å². The minimum Gasteiger partial charge on any atom is -0.408 e. The number of nitrogens with one attached hydrogen (secondary N) is 2. The van der Waals surface area contributed by atoms with Gasteiger partial charge in [-0.05, 0) is 38.8 Å². The maximum Gasteiger partial charge on any atom is 0.417 e. The Hall–Kier alpha value is -2.08. The molecule has 1 atom stereocenters. The summed E-state index contributed by atoms with van der Waals surface area (Å²) < 4.78 is 10.6. The number of amides is 1. The third-order valence-electron chi connectivity index (χ3n) is 3.73. The highest BCUT2D eigenvalue weighted by Crippen LogP contribution is 2.24. The number of carbonyl (C=O) groups excluding carboxylic acids is 1. The van der Waals surface area contributed by atoms with Crippen LogP contribution >= 0.6 is 0 Å². The van der Waals surface area contributed by atoms with Crippen LogP contribution in [0, 0.1) is 0 Å². The molecule has 0 spiro atoms. The molecule has 1 saturated heterocycles. The third kappa shape index (κ3) is 2.85. The zero-order chi connectivity index (χ0) is 15.0. The first-order valence-electron chi connectivity index (χ1n) is 7.01. The Morgan fingerprint density at radius 3 is 3.00 bits per heavy atom. The summed E-state index contributed by atoms with van der Waals surface area (Å²) in [5, 5.41) is 3.01. The van der Waals surface area contributed by atoms with Gasteiger partial charge in [0.25, 0.3) is 5.91 Å². The smallest absolute Gasteiger partial charge is 0.408 e. The summed E-state index contributed by atoms with van der Waals surface area (Å²) in [6.45, 7) is 4.66. The van der Waals surface area contributed by atoms with Crippen molar-refractivity contribution in [3.63, 3.8) is 0 Å². The van der Waals surface area contributed by atoms with Crippen molar-refractivity contribution in [1.29, 1.82) is 0 Å². The Balaban J connectivity index is 1.82. The van der Waals surface area contributed by atoms with Crippen LogP contribution < -0.4 is 11.1 Å². The molecule has 0 bridgehead atoms. The molecule has 1 aromatic heterocycles. The molecular formula is C15H18N2O4. The summed E-state index contributed by atoms with van der Waals surface area (Å²) in [6, 6.07) is 5.09. The molecule has 1 unspecified atom stereocenters. The van der Waals surface area contributed by atoms with Crippen LogP contribution in [0.3, 0.4) is 0 Å². The number of hydrogen-bond donors (Lipinski definition) is 2.